The summed E-state index contributed by atoms with van der Waals surface area (Å²) in [7, 11) is -3.33. The van der Waals surface area contributed by atoms with Crippen LogP contribution in [0.4, 0.5) is 11.4 Å². The summed E-state index contributed by atoms with van der Waals surface area (Å²) in [4.78, 5) is 21.1. The third-order valence-electron chi connectivity index (χ3n) is 4.39. The first kappa shape index (κ1) is 19.5. The van der Waals surface area contributed by atoms with E-state index in [-0.39, 0.29) is 5.91 Å². The molecule has 0 fully saturated rings. The number of benzene rings is 2. The van der Waals surface area contributed by atoms with Crippen molar-refractivity contribution in [2.24, 2.45) is 0 Å². The molecule has 150 valence electrons. The molecule has 0 spiro atoms. The summed E-state index contributed by atoms with van der Waals surface area (Å²) in [5.74, 6) is -0.301. The molecule has 8 heteroatoms. The topological polar surface area (TPSA) is 101 Å². The van der Waals surface area contributed by atoms with Crippen LogP contribution in [0.3, 0.4) is 0 Å². The second kappa shape index (κ2) is 7.92. The van der Waals surface area contributed by atoms with Crippen LogP contribution in [0.5, 0.6) is 0 Å². The zero-order chi connectivity index (χ0) is 21.1. The highest BCUT2D eigenvalue weighted by atomic mass is 32.2. The Kier molecular flexibility index (Phi) is 5.16. The predicted molar refractivity (Wildman–Crippen MR) is 118 cm³/mol. The number of sulfonamides is 1. The first-order chi connectivity index (χ1) is 14.4. The Balaban J connectivity index is 1.67. The number of hydrogen-bond acceptors (Lipinski definition) is 5. The molecule has 4 rings (SSSR count). The lowest BCUT2D eigenvalue weighted by molar-refractivity contribution is 0.102. The van der Waals surface area contributed by atoms with Gasteiger partial charge in [0.2, 0.25) is 10.0 Å². The van der Waals surface area contributed by atoms with Gasteiger partial charge in [-0.2, -0.15) is 0 Å². The Morgan fingerprint density at radius 3 is 2.40 bits per heavy atom. The summed E-state index contributed by atoms with van der Waals surface area (Å²) >= 11 is 0. The van der Waals surface area contributed by atoms with Crippen LogP contribution >= 0.6 is 0 Å². The van der Waals surface area contributed by atoms with E-state index in [1.807, 2.05) is 36.4 Å². The predicted octanol–water partition coefficient (Wildman–Crippen LogP) is 3.92. The van der Waals surface area contributed by atoms with Gasteiger partial charge in [-0.3, -0.25) is 19.5 Å². The molecule has 7 nitrogen and oxygen atoms in total. The summed E-state index contributed by atoms with van der Waals surface area (Å²) in [6.45, 7) is 0. The first-order valence-corrected chi connectivity index (χ1v) is 11.0. The summed E-state index contributed by atoms with van der Waals surface area (Å²) in [6, 6.07) is 19.6. The van der Waals surface area contributed by atoms with E-state index < -0.39 is 10.0 Å². The Labute approximate surface area is 173 Å². The molecule has 2 N–H and O–H groups in total. The van der Waals surface area contributed by atoms with E-state index in [0.717, 1.165) is 28.3 Å². The standard InChI is InChI=1S/C22H18N4O3S/c1-30(28,29)26-17-10-8-15(9-11-17)16-13-18-19(24-14-16)6-4-7-20(18)25-22(27)21-5-2-3-12-23-21/h2-14,26H,1H3,(H,25,27). The SMILES string of the molecule is CS(=O)(=O)Nc1ccc(-c2cnc3cccc(NC(=O)c4ccccn4)c3c2)cc1. The van der Waals surface area contributed by atoms with Gasteiger partial charge in [0.1, 0.15) is 5.69 Å². The maximum absolute atomic E-state index is 12.5. The molecule has 2 aromatic carbocycles. The average molecular weight is 418 g/mol. The molecule has 0 radical (unpaired) electrons. The van der Waals surface area contributed by atoms with Gasteiger partial charge in [-0.25, -0.2) is 8.42 Å². The van der Waals surface area contributed by atoms with E-state index in [9.17, 15) is 13.2 Å². The average Bonchev–Trinajstić information content (AvgIpc) is 2.74. The highest BCUT2D eigenvalue weighted by molar-refractivity contribution is 7.92. The summed E-state index contributed by atoms with van der Waals surface area (Å²) in [5, 5.41) is 3.69. The maximum Gasteiger partial charge on any atom is 0.274 e. The highest BCUT2D eigenvalue weighted by Crippen LogP contribution is 2.28. The Morgan fingerprint density at radius 2 is 1.70 bits per heavy atom. The molecule has 2 aromatic heterocycles. The molecule has 1 amide bonds. The van der Waals surface area contributed by atoms with Crippen LogP contribution in [0.2, 0.25) is 0 Å². The minimum absolute atomic E-state index is 0.301. The van der Waals surface area contributed by atoms with Crippen LogP contribution in [0.15, 0.2) is 79.1 Å². The number of rotatable bonds is 5. The number of hydrogen-bond donors (Lipinski definition) is 2. The van der Waals surface area contributed by atoms with Gasteiger partial charge in [0.05, 0.1) is 17.5 Å². The zero-order valence-corrected chi connectivity index (χ0v) is 16.8. The quantitative estimate of drug-likeness (QED) is 0.512. The van der Waals surface area contributed by atoms with E-state index >= 15 is 0 Å². The molecule has 0 bridgehead atoms. The molecule has 4 aromatic rings. The van der Waals surface area contributed by atoms with Crippen molar-refractivity contribution in [1.82, 2.24) is 9.97 Å². The molecular weight excluding hydrogens is 400 g/mol. The van der Waals surface area contributed by atoms with Crippen molar-refractivity contribution in [1.29, 1.82) is 0 Å². The van der Waals surface area contributed by atoms with Gasteiger partial charge >= 0.3 is 0 Å². The number of nitrogens with zero attached hydrogens (tertiary/aromatic N) is 2. The van der Waals surface area contributed by atoms with Gasteiger partial charge < -0.3 is 5.32 Å². The molecule has 0 aliphatic rings. The van der Waals surface area contributed by atoms with Crippen molar-refractivity contribution in [3.63, 3.8) is 0 Å². The number of aromatic nitrogens is 2. The number of amides is 1. The molecule has 0 aliphatic carbocycles. The third kappa shape index (κ3) is 4.44. The van der Waals surface area contributed by atoms with Crippen molar-refractivity contribution < 1.29 is 13.2 Å². The van der Waals surface area contributed by atoms with Crippen molar-refractivity contribution in [3.05, 3.63) is 84.8 Å². The van der Waals surface area contributed by atoms with E-state index in [1.165, 1.54) is 0 Å². The fourth-order valence-corrected chi connectivity index (χ4v) is 3.61. The summed E-state index contributed by atoms with van der Waals surface area (Å²) in [5.41, 5.74) is 3.90. The number of carbonyl (C=O) groups excluding carboxylic acids is 1. The lowest BCUT2D eigenvalue weighted by atomic mass is 10.0. The van der Waals surface area contributed by atoms with Gasteiger partial charge in [-0.15, -0.1) is 0 Å². The van der Waals surface area contributed by atoms with E-state index in [1.54, 1.807) is 42.7 Å². The van der Waals surface area contributed by atoms with Crippen LogP contribution in [0, 0.1) is 0 Å². The fraction of sp³-hybridized carbons (Fsp3) is 0.0455. The normalized spacial score (nSPS) is 11.2. The van der Waals surface area contributed by atoms with Crippen LogP contribution in [-0.2, 0) is 10.0 Å². The second-order valence-corrected chi connectivity index (χ2v) is 8.47. The molecule has 30 heavy (non-hydrogen) atoms. The summed E-state index contributed by atoms with van der Waals surface area (Å²) < 4.78 is 25.2. The van der Waals surface area contributed by atoms with Crippen LogP contribution in [-0.4, -0.2) is 30.5 Å². The monoisotopic (exact) mass is 418 g/mol. The smallest absolute Gasteiger partial charge is 0.274 e. The van der Waals surface area contributed by atoms with Crippen LogP contribution in [0.1, 0.15) is 10.5 Å². The Hall–Kier alpha value is -3.78. The molecule has 0 atom stereocenters. The third-order valence-corrected chi connectivity index (χ3v) is 5.00. The highest BCUT2D eigenvalue weighted by Gasteiger charge is 2.11. The minimum atomic E-state index is -3.33. The molecule has 0 saturated heterocycles. The van der Waals surface area contributed by atoms with Gasteiger partial charge in [-0.1, -0.05) is 24.3 Å². The molecule has 0 saturated carbocycles. The number of pyridine rings is 2. The van der Waals surface area contributed by atoms with Gasteiger partial charge in [0.25, 0.3) is 5.91 Å². The largest absolute Gasteiger partial charge is 0.320 e. The lowest BCUT2D eigenvalue weighted by Gasteiger charge is -2.10. The zero-order valence-electron chi connectivity index (χ0n) is 16.0. The van der Waals surface area contributed by atoms with E-state index in [4.69, 9.17) is 0 Å². The van der Waals surface area contributed by atoms with Crippen LogP contribution < -0.4 is 10.0 Å². The van der Waals surface area contributed by atoms with E-state index in [0.29, 0.717) is 17.1 Å². The van der Waals surface area contributed by atoms with Gasteiger partial charge in [0.15, 0.2) is 0 Å². The molecular formula is C22H18N4O3S. The lowest BCUT2D eigenvalue weighted by Crippen LogP contribution is -2.13. The minimum Gasteiger partial charge on any atom is -0.320 e. The first-order valence-electron chi connectivity index (χ1n) is 9.08. The molecule has 2 heterocycles. The van der Waals surface area contributed by atoms with Gasteiger partial charge in [0, 0.05) is 29.0 Å². The summed E-state index contributed by atoms with van der Waals surface area (Å²) in [6.07, 6.45) is 4.42. The van der Waals surface area contributed by atoms with Crippen molar-refractivity contribution >= 4 is 38.2 Å². The number of carbonyl (C=O) groups is 1. The van der Waals surface area contributed by atoms with E-state index in [2.05, 4.69) is 20.0 Å². The number of nitrogens with one attached hydrogen (secondary N) is 2. The number of fused-ring (bicyclic) bond motifs is 1. The molecule has 0 aliphatic heterocycles. The van der Waals surface area contributed by atoms with Crippen LogP contribution in [0.25, 0.3) is 22.0 Å². The number of anilines is 2. The fourth-order valence-electron chi connectivity index (χ4n) is 3.04. The van der Waals surface area contributed by atoms with Crippen molar-refractivity contribution in [2.75, 3.05) is 16.3 Å². The van der Waals surface area contributed by atoms with Crippen molar-refractivity contribution in [3.8, 4) is 11.1 Å². The van der Waals surface area contributed by atoms with Crippen molar-refractivity contribution in [2.45, 2.75) is 0 Å². The maximum atomic E-state index is 12.5. The Bertz CT molecular complexity index is 1320. The molecule has 0 unspecified atom stereocenters. The van der Waals surface area contributed by atoms with Gasteiger partial charge in [-0.05, 0) is 48.0 Å². The second-order valence-electron chi connectivity index (χ2n) is 6.72. The Morgan fingerprint density at radius 1 is 0.900 bits per heavy atom.